The van der Waals surface area contributed by atoms with Crippen LogP contribution in [-0.2, 0) is 80.7 Å². The molecule has 2 aliphatic heterocycles. The average molecular weight is 1470 g/mol. The summed E-state index contributed by atoms with van der Waals surface area (Å²) in [7, 11) is -4.29. The minimum atomic E-state index is -3.91. The van der Waals surface area contributed by atoms with Gasteiger partial charge in [-0.25, -0.2) is 26.8 Å². The molecule has 2 saturated heterocycles. The number of aromatic amines is 2. The summed E-state index contributed by atoms with van der Waals surface area (Å²) < 4.78 is 75.9. The van der Waals surface area contributed by atoms with E-state index < -0.39 is 83.3 Å². The van der Waals surface area contributed by atoms with E-state index in [9.17, 15) is 76.5 Å². The lowest BCUT2D eigenvalue weighted by Gasteiger charge is -2.38. The van der Waals surface area contributed by atoms with Crippen molar-refractivity contribution in [1.29, 1.82) is 0 Å². The topological polar surface area (TPSA) is 538 Å². The number of fused-ring (bicyclic) bond motifs is 2. The number of nitrogens with zero attached hydrogens (tertiary/aromatic N) is 12. The Morgan fingerprint density at radius 1 is 0.634 bits per heavy atom. The minimum absolute atomic E-state index is 0.00203. The fourth-order valence-corrected chi connectivity index (χ4v) is 13.7. The molecule has 2 atom stereocenters. The van der Waals surface area contributed by atoms with Gasteiger partial charge in [0.05, 0.1) is 52.1 Å². The maximum absolute atomic E-state index is 13.5. The van der Waals surface area contributed by atoms with Crippen LogP contribution in [0, 0.1) is 40.5 Å². The third kappa shape index (κ3) is 22.8. The predicted octanol–water partition coefficient (Wildman–Crippen LogP) is 2.57. The van der Waals surface area contributed by atoms with E-state index in [4.69, 9.17) is 24.4 Å². The third-order valence-corrected chi connectivity index (χ3v) is 19.0. The molecular weight excluding hydrogens is 1380 g/mol. The minimum Gasteiger partial charge on any atom is -0.493 e. The molecule has 0 spiro atoms. The van der Waals surface area contributed by atoms with Crippen molar-refractivity contribution in [3.63, 3.8) is 0 Å². The van der Waals surface area contributed by atoms with Gasteiger partial charge < -0.3 is 64.4 Å². The third-order valence-electron chi connectivity index (χ3n) is 15.4. The summed E-state index contributed by atoms with van der Waals surface area (Å²) in [4.78, 5) is 121. The van der Waals surface area contributed by atoms with Crippen molar-refractivity contribution in [3.05, 3.63) is 109 Å². The van der Waals surface area contributed by atoms with Crippen LogP contribution in [0.4, 0.5) is 0 Å². The van der Waals surface area contributed by atoms with Crippen LogP contribution < -0.4 is 31.2 Å². The van der Waals surface area contributed by atoms with Crippen LogP contribution in [0.15, 0.2) is 55.8 Å². The number of benzene rings is 2. The van der Waals surface area contributed by atoms with Gasteiger partial charge in [-0.3, -0.25) is 28.5 Å². The highest BCUT2D eigenvalue weighted by atomic mass is 32.2. The zero-order valence-corrected chi connectivity index (χ0v) is 57.8. The van der Waals surface area contributed by atoms with Crippen molar-refractivity contribution in [2.75, 3.05) is 78.9 Å². The number of aliphatic hydroxyl groups excluding tert-OH is 1. The highest BCUT2D eigenvalue weighted by molar-refractivity contribution is 7.89. The van der Waals surface area contributed by atoms with Crippen molar-refractivity contribution >= 4 is 54.1 Å². The molecule has 556 valence electrons. The fourth-order valence-electron chi connectivity index (χ4n) is 10.6. The van der Waals surface area contributed by atoms with Gasteiger partial charge >= 0.3 is 11.9 Å². The number of nitrogens with one attached hydrogen (secondary N) is 4. The Bertz CT molecular complexity index is 4200. The summed E-state index contributed by atoms with van der Waals surface area (Å²) in [5.41, 5.74) is 2.99. The number of aromatic nitrogens is 8. The number of aryl methyl sites for hydroxylation is 4. The van der Waals surface area contributed by atoms with Crippen LogP contribution in [0.1, 0.15) is 103 Å². The number of carboxylic acids is 1. The van der Waals surface area contributed by atoms with E-state index in [0.717, 1.165) is 18.5 Å². The van der Waals surface area contributed by atoms with Gasteiger partial charge in [-0.2, -0.15) is 18.8 Å². The molecular formula is C58H82N16O25S2. The molecule has 0 radical (unpaired) electrons. The summed E-state index contributed by atoms with van der Waals surface area (Å²) in [5.74, 6) is -0.280. The molecule has 0 bridgehead atoms. The zero-order chi connectivity index (χ0) is 74.1. The van der Waals surface area contributed by atoms with Crippen LogP contribution >= 0.6 is 0 Å². The van der Waals surface area contributed by atoms with Crippen molar-refractivity contribution in [2.45, 2.75) is 139 Å². The van der Waals surface area contributed by atoms with E-state index >= 15 is 0 Å². The van der Waals surface area contributed by atoms with Crippen LogP contribution in [0.5, 0.6) is 11.5 Å². The molecule has 0 amide bonds. The molecule has 0 saturated carbocycles. The number of esters is 1. The number of carbonyl (C=O) groups excluding carboxylic acids is 1. The van der Waals surface area contributed by atoms with Gasteiger partial charge in [0.2, 0.25) is 20.0 Å². The largest absolute Gasteiger partial charge is 0.493 e. The molecule has 6 N–H and O–H groups in total. The number of hydrogen-bond acceptors (Lipinski definition) is 30. The molecule has 2 aliphatic rings. The predicted molar refractivity (Wildman–Crippen MR) is 353 cm³/mol. The molecule has 8 rings (SSSR count). The monoisotopic (exact) mass is 1470 g/mol. The van der Waals surface area contributed by atoms with Crippen LogP contribution in [0.2, 0.25) is 0 Å². The zero-order valence-electron chi connectivity index (χ0n) is 56.2. The number of aliphatic hydroxyl groups is 1. The van der Waals surface area contributed by atoms with Crippen molar-refractivity contribution in [1.82, 2.24) is 58.7 Å². The summed E-state index contributed by atoms with van der Waals surface area (Å²) >= 11 is 0. The Labute approximate surface area is 576 Å². The van der Waals surface area contributed by atoms with E-state index in [1.165, 1.54) is 42.2 Å². The normalized spacial score (nSPS) is 14.0. The van der Waals surface area contributed by atoms with Crippen molar-refractivity contribution in [2.24, 2.45) is 14.1 Å². The first kappa shape index (κ1) is 80.2. The molecule has 6 heterocycles. The smallest absolute Gasteiger partial charge is 0.305 e. The lowest BCUT2D eigenvalue weighted by Crippen LogP contribution is -2.60. The molecule has 101 heavy (non-hydrogen) atoms. The van der Waals surface area contributed by atoms with Crippen LogP contribution in [-0.4, -0.2) is 211 Å². The molecule has 0 aliphatic carbocycles. The average Bonchev–Trinajstić information content (AvgIpc) is 1.76. The number of unbranched alkanes of at least 4 members (excludes halogenated alkanes) is 2. The van der Waals surface area contributed by atoms with Gasteiger partial charge in [-0.05, 0) is 88.8 Å². The van der Waals surface area contributed by atoms with Crippen molar-refractivity contribution < 1.29 is 90.5 Å². The summed E-state index contributed by atoms with van der Waals surface area (Å²) in [6.45, 7) is 8.90. The molecule has 41 nitrogen and oxygen atoms in total. The van der Waals surface area contributed by atoms with Gasteiger partial charge in [0.15, 0.2) is 11.0 Å². The quantitative estimate of drug-likeness (QED) is 0.0139. The molecule has 43 heteroatoms. The number of hydrogen-bond donors (Lipinski definition) is 6. The number of rotatable bonds is 41. The van der Waals surface area contributed by atoms with Gasteiger partial charge in [0, 0.05) is 78.3 Å². The van der Waals surface area contributed by atoms with Gasteiger partial charge in [0.25, 0.3) is 31.5 Å². The lowest BCUT2D eigenvalue weighted by atomic mass is 10.1. The molecule has 2 fully saturated rings. The number of carboxylic acid groups (broad SMARTS) is 1. The van der Waals surface area contributed by atoms with Gasteiger partial charge in [0.1, 0.15) is 66.2 Å². The van der Waals surface area contributed by atoms with Gasteiger partial charge in [-0.15, -0.1) is 40.5 Å². The second kappa shape index (κ2) is 38.1. The van der Waals surface area contributed by atoms with Crippen LogP contribution in [0.3, 0.4) is 0 Å². The Hall–Kier alpha value is -9.82. The van der Waals surface area contributed by atoms with E-state index in [2.05, 4.69) is 60.1 Å². The number of H-pyrrole nitrogens is 2. The summed E-state index contributed by atoms with van der Waals surface area (Å²) in [5, 5.41) is 68.9. The van der Waals surface area contributed by atoms with E-state index in [1.54, 1.807) is 33.2 Å². The van der Waals surface area contributed by atoms with Crippen molar-refractivity contribution in [3.8, 4) is 34.3 Å². The molecule has 2 aromatic carbocycles. The van der Waals surface area contributed by atoms with E-state index in [0.29, 0.717) is 122 Å². The van der Waals surface area contributed by atoms with E-state index in [1.807, 2.05) is 20.8 Å². The second-order valence-electron chi connectivity index (χ2n) is 22.8. The van der Waals surface area contributed by atoms with E-state index in [-0.39, 0.29) is 97.6 Å². The molecule has 2 unspecified atom stereocenters. The highest BCUT2D eigenvalue weighted by Gasteiger charge is 2.39. The molecule has 6 aromatic rings. The SMILES string of the molecule is CCCc1nn(C)c2c(=O)[nH]c(-c3cc(S(=O)(=O)N4CC(NCCO)C4)ccc3OCC)nc12.CCCc1nn(C)c2c(=O)[nH]c(-c3cc(S(=O)(=O)N4CC(NCCOC(=O)CCCCC(CO[N+](=O)[O-])O[N+](=O)[O-])C4)ccc3OCC)nc12.O=C(O)CCCCC(CO[N+](=O)[O-])O[N+](=O)[O-]. The maximum atomic E-state index is 13.5. The molecule has 4 aromatic heterocycles. The first-order valence-corrected chi connectivity index (χ1v) is 35.0. The summed E-state index contributed by atoms with van der Waals surface area (Å²) in [6, 6.07) is 8.85. The number of ether oxygens (including phenoxy) is 3. The maximum Gasteiger partial charge on any atom is 0.305 e. The Morgan fingerprint density at radius 3 is 1.43 bits per heavy atom. The fraction of sp³-hybridized carbons (Fsp3) is 0.586. The Balaban J connectivity index is 0.000000270. The summed E-state index contributed by atoms with van der Waals surface area (Å²) in [6.07, 6.45) is 2.14. The second-order valence-corrected chi connectivity index (χ2v) is 26.6. The Morgan fingerprint density at radius 2 is 1.05 bits per heavy atom. The Kier molecular flexibility index (Phi) is 30.2. The standard InChI is InChI=1S/C29H40N8O12S.C22H30N6O5S.C7H12N2O8/c1-4-8-23-26-27(34(3)33-23)29(39)32-28(31-26)22-15-21(11-12-24(22)46-5-2)50(44,45)35-16-19(17-35)30-13-14-47-25(38)10-7-6-9-20(49-37(42)43)18-48-36(40)41;1-4-6-17-19-20(27(3)26-17)22(30)25-21(24-19)16-11-15(7-8-18(16)33-5-2)34(31,32)28-12-14(13-28)23-9-10-29;10-7(11)4-2-1-3-6(17-9(14)15)5-16-8(12)13/h11-12,15,19-20,30H,4-10,13-14,16-18H2,1-3H3,(H,31,32,39);7-8,11,14,23,29H,4-6,9-10,12-13H2,1-3H3,(H,24,25,30);6H,1-5H2,(H,10,11). The highest BCUT2D eigenvalue weighted by Crippen LogP contribution is 2.35. The first-order chi connectivity index (χ1) is 48.0. The number of carbonyl (C=O) groups is 2. The number of sulfonamides is 2. The lowest BCUT2D eigenvalue weighted by molar-refractivity contribution is -0.790. The first-order valence-electron chi connectivity index (χ1n) is 32.1. The van der Waals surface area contributed by atoms with Gasteiger partial charge in [-0.1, -0.05) is 39.5 Å². The number of aliphatic carboxylic acids is 1. The van der Waals surface area contributed by atoms with Crippen LogP contribution in [0.25, 0.3) is 44.8 Å².